The van der Waals surface area contributed by atoms with Gasteiger partial charge < -0.3 is 5.32 Å². The summed E-state index contributed by atoms with van der Waals surface area (Å²) in [5.41, 5.74) is 4.04. The van der Waals surface area contributed by atoms with Crippen LogP contribution in [0.3, 0.4) is 0 Å². The number of hydrogen-bond acceptors (Lipinski definition) is 3. The predicted molar refractivity (Wildman–Crippen MR) is 101 cm³/mol. The van der Waals surface area contributed by atoms with Gasteiger partial charge in [0.1, 0.15) is 5.54 Å². The van der Waals surface area contributed by atoms with Crippen LogP contribution in [0.15, 0.2) is 54.6 Å². The number of nitrogens with zero attached hydrogens (tertiary/aromatic N) is 1. The fraction of sp³-hybridized carbons (Fsp3) is 0.286. The molecule has 0 radical (unpaired) electrons. The minimum Gasteiger partial charge on any atom is -0.322 e. The van der Waals surface area contributed by atoms with E-state index >= 15 is 0 Å². The molecule has 2 N–H and O–H groups in total. The van der Waals surface area contributed by atoms with Gasteiger partial charge in [-0.2, -0.15) is 5.01 Å². The molecule has 138 valence electrons. The van der Waals surface area contributed by atoms with Gasteiger partial charge in [-0.3, -0.25) is 15.0 Å². The molecule has 1 saturated heterocycles. The Bertz CT molecular complexity index is 871. The lowest BCUT2D eigenvalue weighted by molar-refractivity contribution is -0.134. The topological polar surface area (TPSA) is 78.5 Å². The summed E-state index contributed by atoms with van der Waals surface area (Å²) >= 11 is 0. The maximum absolute atomic E-state index is 12.7. The van der Waals surface area contributed by atoms with E-state index in [9.17, 15) is 14.4 Å². The van der Waals surface area contributed by atoms with E-state index in [4.69, 9.17) is 0 Å². The average Bonchev–Trinajstić information content (AvgIpc) is 2.93. The van der Waals surface area contributed by atoms with Gasteiger partial charge in [-0.15, -0.1) is 0 Å². The normalized spacial score (nSPS) is 18.4. The van der Waals surface area contributed by atoms with Gasteiger partial charge in [0.2, 0.25) is 0 Å². The predicted octanol–water partition coefficient (Wildman–Crippen LogP) is 3.25. The molecule has 1 heterocycles. The minimum atomic E-state index is -0.847. The first kappa shape index (κ1) is 17.3. The molecule has 4 rings (SSSR count). The minimum absolute atomic E-state index is 0.360. The van der Waals surface area contributed by atoms with Crippen molar-refractivity contribution in [2.75, 3.05) is 0 Å². The third-order valence-electron chi connectivity index (χ3n) is 5.34. The van der Waals surface area contributed by atoms with Crippen LogP contribution in [-0.4, -0.2) is 28.4 Å². The summed E-state index contributed by atoms with van der Waals surface area (Å²) < 4.78 is 0. The zero-order valence-corrected chi connectivity index (χ0v) is 14.9. The molecular weight excluding hydrogens is 342 g/mol. The fourth-order valence-electron chi connectivity index (χ4n) is 3.83. The summed E-state index contributed by atoms with van der Waals surface area (Å²) in [4.78, 5) is 37.5. The first-order valence-electron chi connectivity index (χ1n) is 9.22. The Kier molecular flexibility index (Phi) is 4.39. The number of benzene rings is 2. The van der Waals surface area contributed by atoms with Crippen LogP contribution < -0.4 is 10.7 Å². The van der Waals surface area contributed by atoms with Crippen LogP contribution in [0.2, 0.25) is 0 Å². The number of hydrazine groups is 1. The monoisotopic (exact) mass is 363 g/mol. The van der Waals surface area contributed by atoms with Crippen LogP contribution in [0.25, 0.3) is 11.1 Å². The Balaban J connectivity index is 1.47. The number of carbonyl (C=O) groups is 3. The van der Waals surface area contributed by atoms with Crippen LogP contribution in [-0.2, 0) is 4.79 Å². The Morgan fingerprint density at radius 2 is 1.52 bits per heavy atom. The van der Waals surface area contributed by atoms with Gasteiger partial charge in [0.05, 0.1) is 0 Å². The number of rotatable bonds is 3. The second-order valence-electron chi connectivity index (χ2n) is 7.10. The van der Waals surface area contributed by atoms with E-state index in [0.29, 0.717) is 18.4 Å². The number of urea groups is 1. The molecule has 6 nitrogen and oxygen atoms in total. The van der Waals surface area contributed by atoms with Crippen LogP contribution in [0.5, 0.6) is 0 Å². The summed E-state index contributed by atoms with van der Waals surface area (Å²) in [5, 5.41) is 3.61. The largest absolute Gasteiger partial charge is 0.344 e. The van der Waals surface area contributed by atoms with Crippen molar-refractivity contribution in [2.24, 2.45) is 0 Å². The van der Waals surface area contributed by atoms with Crippen LogP contribution in [0.4, 0.5) is 4.79 Å². The third-order valence-corrected chi connectivity index (χ3v) is 5.34. The van der Waals surface area contributed by atoms with Crippen molar-refractivity contribution in [3.63, 3.8) is 0 Å². The molecule has 0 aromatic heterocycles. The lowest BCUT2D eigenvalue weighted by Gasteiger charge is -2.30. The second-order valence-corrected chi connectivity index (χ2v) is 7.10. The van der Waals surface area contributed by atoms with Crippen molar-refractivity contribution in [3.05, 3.63) is 60.2 Å². The average molecular weight is 363 g/mol. The maximum Gasteiger partial charge on any atom is 0.344 e. The molecule has 1 saturated carbocycles. The standard InChI is InChI=1S/C21H21N3O3/c25-18(17-11-9-16(10-12-17)15-7-3-1-4-8-15)23-24-19(26)21(22-20(24)27)13-5-2-6-14-21/h1,3-4,7-12H,2,5-6,13-14H2,(H,22,27)(H,23,25). The van der Waals surface area contributed by atoms with Crippen molar-refractivity contribution >= 4 is 17.8 Å². The molecule has 2 aliphatic rings. The number of nitrogens with one attached hydrogen (secondary N) is 2. The zero-order chi connectivity index (χ0) is 18.9. The smallest absolute Gasteiger partial charge is 0.322 e. The molecule has 1 aliphatic heterocycles. The van der Waals surface area contributed by atoms with Crippen molar-refractivity contribution in [1.29, 1.82) is 0 Å². The van der Waals surface area contributed by atoms with Crippen LogP contribution in [0.1, 0.15) is 42.5 Å². The summed E-state index contributed by atoms with van der Waals surface area (Å²) in [5.74, 6) is -0.840. The molecule has 2 aromatic rings. The van der Waals surface area contributed by atoms with Crippen LogP contribution >= 0.6 is 0 Å². The highest BCUT2D eigenvalue weighted by Gasteiger charge is 2.52. The second kappa shape index (κ2) is 6.87. The fourth-order valence-corrected chi connectivity index (χ4v) is 3.83. The van der Waals surface area contributed by atoms with Gasteiger partial charge in [0, 0.05) is 5.56 Å². The highest BCUT2D eigenvalue weighted by Crippen LogP contribution is 2.33. The van der Waals surface area contributed by atoms with Gasteiger partial charge in [-0.05, 0) is 36.1 Å². The van der Waals surface area contributed by atoms with E-state index in [-0.39, 0.29) is 5.91 Å². The molecule has 0 atom stereocenters. The van der Waals surface area contributed by atoms with Crippen molar-refractivity contribution in [3.8, 4) is 11.1 Å². The van der Waals surface area contributed by atoms with Crippen molar-refractivity contribution < 1.29 is 14.4 Å². The number of amides is 4. The van der Waals surface area contributed by atoms with E-state index < -0.39 is 17.5 Å². The summed E-state index contributed by atoms with van der Waals surface area (Å²) in [7, 11) is 0. The SMILES string of the molecule is O=C(NN1C(=O)NC2(CCCCC2)C1=O)c1ccc(-c2ccccc2)cc1. The summed E-state index contributed by atoms with van der Waals surface area (Å²) in [6.07, 6.45) is 4.10. The van der Waals surface area contributed by atoms with Gasteiger partial charge in [-0.1, -0.05) is 61.7 Å². The Morgan fingerprint density at radius 1 is 0.889 bits per heavy atom. The van der Waals surface area contributed by atoms with Gasteiger partial charge in [-0.25, -0.2) is 4.79 Å². The Hall–Kier alpha value is -3.15. The van der Waals surface area contributed by atoms with Crippen LogP contribution in [0, 0.1) is 0 Å². The third kappa shape index (κ3) is 3.18. The highest BCUT2D eigenvalue weighted by molar-refractivity contribution is 6.09. The molecule has 1 spiro atoms. The zero-order valence-electron chi connectivity index (χ0n) is 14.9. The lowest BCUT2D eigenvalue weighted by Crippen LogP contribution is -2.50. The van der Waals surface area contributed by atoms with Crippen molar-refractivity contribution in [1.82, 2.24) is 15.8 Å². The molecule has 0 unspecified atom stereocenters. The molecule has 0 bridgehead atoms. The van der Waals surface area contributed by atoms with E-state index in [0.717, 1.165) is 35.4 Å². The number of carbonyl (C=O) groups excluding carboxylic acids is 3. The molecule has 4 amide bonds. The number of hydrogen-bond donors (Lipinski definition) is 2. The molecule has 6 heteroatoms. The Morgan fingerprint density at radius 3 is 2.19 bits per heavy atom. The number of imide groups is 1. The maximum atomic E-state index is 12.7. The molecule has 2 aromatic carbocycles. The first-order chi connectivity index (χ1) is 13.1. The molecule has 1 aliphatic carbocycles. The Labute approximate surface area is 157 Å². The lowest BCUT2D eigenvalue weighted by atomic mass is 9.82. The van der Waals surface area contributed by atoms with E-state index in [1.165, 1.54) is 0 Å². The van der Waals surface area contributed by atoms with E-state index in [1.54, 1.807) is 12.1 Å². The van der Waals surface area contributed by atoms with Crippen molar-refractivity contribution in [2.45, 2.75) is 37.6 Å². The molecule has 27 heavy (non-hydrogen) atoms. The van der Waals surface area contributed by atoms with Gasteiger partial charge >= 0.3 is 6.03 Å². The van der Waals surface area contributed by atoms with Gasteiger partial charge in [0.25, 0.3) is 11.8 Å². The highest BCUT2D eigenvalue weighted by atomic mass is 16.2. The van der Waals surface area contributed by atoms with E-state index in [2.05, 4.69) is 10.7 Å². The first-order valence-corrected chi connectivity index (χ1v) is 9.22. The quantitative estimate of drug-likeness (QED) is 0.822. The van der Waals surface area contributed by atoms with E-state index in [1.807, 2.05) is 42.5 Å². The molecule has 2 fully saturated rings. The summed E-state index contributed by atoms with van der Waals surface area (Å²) in [6.45, 7) is 0. The molecular formula is C21H21N3O3. The summed E-state index contributed by atoms with van der Waals surface area (Å²) in [6, 6.07) is 16.3. The van der Waals surface area contributed by atoms with Gasteiger partial charge in [0.15, 0.2) is 0 Å².